The molecule has 4 atom stereocenters. The molecule has 0 spiro atoms. The summed E-state index contributed by atoms with van der Waals surface area (Å²) in [7, 11) is 0. The Kier molecular flexibility index (Phi) is 8.47. The lowest BCUT2D eigenvalue weighted by Gasteiger charge is -2.32. The Labute approximate surface area is 180 Å². The van der Waals surface area contributed by atoms with Gasteiger partial charge in [0.15, 0.2) is 0 Å². The van der Waals surface area contributed by atoms with Crippen LogP contribution < -0.4 is 0 Å². The van der Waals surface area contributed by atoms with Crippen LogP contribution in [0.5, 0.6) is 0 Å². The molecule has 162 valence electrons. The van der Waals surface area contributed by atoms with E-state index < -0.39 is 0 Å². The van der Waals surface area contributed by atoms with Crippen LogP contribution in [-0.2, 0) is 16.1 Å². The molecule has 1 aliphatic heterocycles. The Balaban J connectivity index is 1.66. The van der Waals surface area contributed by atoms with Gasteiger partial charge in [-0.3, -0.25) is 4.79 Å². The van der Waals surface area contributed by atoms with Crippen molar-refractivity contribution in [1.29, 1.82) is 0 Å². The van der Waals surface area contributed by atoms with Crippen LogP contribution in [0.2, 0.25) is 0 Å². The molecule has 1 amide bonds. The minimum absolute atomic E-state index is 0.0346. The summed E-state index contributed by atoms with van der Waals surface area (Å²) in [5.41, 5.74) is 2.35. The summed E-state index contributed by atoms with van der Waals surface area (Å²) in [6.45, 7) is 6.34. The number of carbonyl (C=O) groups is 1. The maximum absolute atomic E-state index is 13.5. The average molecular weight is 410 g/mol. The summed E-state index contributed by atoms with van der Waals surface area (Å²) in [6, 6.07) is 20.4. The topological polar surface area (TPSA) is 49.8 Å². The maximum atomic E-state index is 13.5. The molecule has 2 aromatic carbocycles. The number of hydrogen-bond acceptors (Lipinski definition) is 3. The molecule has 3 rings (SSSR count). The highest BCUT2D eigenvalue weighted by molar-refractivity contribution is 5.80. The number of hydrogen-bond donors (Lipinski definition) is 1. The number of rotatable bonds is 10. The molecule has 1 aliphatic rings. The number of nitrogens with zero attached hydrogens (tertiary/aromatic N) is 1. The van der Waals surface area contributed by atoms with Crippen LogP contribution in [0.3, 0.4) is 0 Å². The Morgan fingerprint density at radius 3 is 2.43 bits per heavy atom. The van der Waals surface area contributed by atoms with Gasteiger partial charge in [-0.05, 0) is 42.2 Å². The van der Waals surface area contributed by atoms with E-state index in [-0.39, 0.29) is 36.3 Å². The Morgan fingerprint density at radius 2 is 1.77 bits per heavy atom. The minimum atomic E-state index is -0.116. The smallest absolute Gasteiger partial charge is 0.226 e. The van der Waals surface area contributed by atoms with Gasteiger partial charge >= 0.3 is 0 Å². The molecule has 0 saturated carbocycles. The van der Waals surface area contributed by atoms with Crippen molar-refractivity contribution in [3.05, 3.63) is 71.8 Å². The van der Waals surface area contributed by atoms with Gasteiger partial charge in [0.2, 0.25) is 5.91 Å². The summed E-state index contributed by atoms with van der Waals surface area (Å²) in [4.78, 5) is 15.5. The van der Waals surface area contributed by atoms with Gasteiger partial charge in [0.05, 0.1) is 19.3 Å². The molecule has 2 aromatic rings. The van der Waals surface area contributed by atoms with E-state index in [9.17, 15) is 9.90 Å². The third kappa shape index (κ3) is 5.93. The van der Waals surface area contributed by atoms with Gasteiger partial charge in [-0.1, -0.05) is 74.5 Å². The fourth-order valence-electron chi connectivity index (χ4n) is 4.49. The zero-order valence-electron chi connectivity index (χ0n) is 18.2. The number of amides is 1. The molecular formula is C26H35NO3. The highest BCUT2D eigenvalue weighted by atomic mass is 16.5. The van der Waals surface area contributed by atoms with Crippen molar-refractivity contribution < 1.29 is 14.6 Å². The van der Waals surface area contributed by atoms with Gasteiger partial charge in [-0.25, -0.2) is 0 Å². The highest BCUT2D eigenvalue weighted by Gasteiger charge is 2.36. The van der Waals surface area contributed by atoms with Crippen molar-refractivity contribution in [2.75, 3.05) is 19.8 Å². The number of aliphatic hydroxyl groups is 1. The van der Waals surface area contributed by atoms with Crippen molar-refractivity contribution in [1.82, 2.24) is 4.90 Å². The van der Waals surface area contributed by atoms with Crippen LogP contribution in [0.25, 0.3) is 0 Å². The first kappa shape index (κ1) is 22.5. The molecule has 1 N–H and O–H groups in total. The van der Waals surface area contributed by atoms with E-state index >= 15 is 0 Å². The van der Waals surface area contributed by atoms with Crippen molar-refractivity contribution in [2.24, 2.45) is 11.8 Å². The first-order chi connectivity index (χ1) is 14.6. The van der Waals surface area contributed by atoms with Crippen LogP contribution in [0, 0.1) is 11.8 Å². The summed E-state index contributed by atoms with van der Waals surface area (Å²) in [6.07, 6.45) is 2.64. The van der Waals surface area contributed by atoms with Crippen LogP contribution in [-0.4, -0.2) is 41.7 Å². The monoisotopic (exact) mass is 409 g/mol. The van der Waals surface area contributed by atoms with E-state index in [1.54, 1.807) is 0 Å². The molecule has 1 unspecified atom stereocenters. The number of benzene rings is 2. The molecule has 4 heteroatoms. The van der Waals surface area contributed by atoms with E-state index in [1.807, 2.05) is 41.3 Å². The van der Waals surface area contributed by atoms with Crippen molar-refractivity contribution >= 4 is 5.91 Å². The normalized spacial score (nSPS) is 19.4. The molecule has 0 radical (unpaired) electrons. The second kappa shape index (κ2) is 11.3. The SMILES string of the molecule is CC(c1ccccc1)[C@@H](C[C@@H](C)COCc1ccccc1)C(=O)N1CCC[C@H]1CO. The lowest BCUT2D eigenvalue weighted by Crippen LogP contribution is -2.43. The standard InChI is InChI=1S/C26H35NO3/c1-20(18-30-19-22-10-5-3-6-11-22)16-25(21(2)23-12-7-4-8-13-23)26(29)27-15-9-14-24(27)17-28/h3-8,10-13,20-21,24-25,28H,9,14-19H2,1-2H3/t20-,21?,24+,25-/m1/s1. The zero-order chi connectivity index (χ0) is 21.3. The predicted molar refractivity (Wildman–Crippen MR) is 120 cm³/mol. The molecule has 4 nitrogen and oxygen atoms in total. The lowest BCUT2D eigenvalue weighted by molar-refractivity contribution is -0.138. The van der Waals surface area contributed by atoms with Gasteiger partial charge in [0, 0.05) is 19.1 Å². The molecule has 1 heterocycles. The second-order valence-electron chi connectivity index (χ2n) is 8.66. The van der Waals surface area contributed by atoms with Gasteiger partial charge in [0.25, 0.3) is 0 Å². The number of likely N-dealkylation sites (tertiary alicyclic amines) is 1. The second-order valence-corrected chi connectivity index (χ2v) is 8.66. The van der Waals surface area contributed by atoms with Gasteiger partial charge in [0.1, 0.15) is 0 Å². The molecule has 1 fully saturated rings. The van der Waals surface area contributed by atoms with Crippen molar-refractivity contribution in [2.45, 2.75) is 51.7 Å². The fourth-order valence-corrected chi connectivity index (χ4v) is 4.49. The molecule has 1 saturated heterocycles. The Morgan fingerprint density at radius 1 is 1.10 bits per heavy atom. The van der Waals surface area contributed by atoms with Crippen molar-refractivity contribution in [3.8, 4) is 0 Å². The number of carbonyl (C=O) groups excluding carboxylic acids is 1. The molecule has 0 aromatic heterocycles. The summed E-state index contributed by atoms with van der Waals surface area (Å²) in [5.74, 6) is 0.451. The molecule has 30 heavy (non-hydrogen) atoms. The maximum Gasteiger partial charge on any atom is 0.226 e. The van der Waals surface area contributed by atoms with Crippen molar-refractivity contribution in [3.63, 3.8) is 0 Å². The predicted octanol–water partition coefficient (Wildman–Crippen LogP) is 4.63. The summed E-state index contributed by atoms with van der Waals surface area (Å²) >= 11 is 0. The number of aliphatic hydroxyl groups excluding tert-OH is 1. The fraction of sp³-hybridized carbons (Fsp3) is 0.500. The Bertz CT molecular complexity index is 764. The molecule has 0 bridgehead atoms. The first-order valence-corrected chi connectivity index (χ1v) is 11.2. The lowest BCUT2D eigenvalue weighted by atomic mass is 9.81. The van der Waals surface area contributed by atoms with Crippen LogP contribution in [0.1, 0.15) is 50.2 Å². The van der Waals surface area contributed by atoms with Crippen LogP contribution in [0.4, 0.5) is 0 Å². The molecular weight excluding hydrogens is 374 g/mol. The van der Waals surface area contributed by atoms with Crippen LogP contribution in [0.15, 0.2) is 60.7 Å². The van der Waals surface area contributed by atoms with Crippen LogP contribution >= 0.6 is 0 Å². The van der Waals surface area contributed by atoms with E-state index in [2.05, 4.69) is 38.1 Å². The van der Waals surface area contributed by atoms with E-state index in [4.69, 9.17) is 4.74 Å². The summed E-state index contributed by atoms with van der Waals surface area (Å²) < 4.78 is 5.95. The first-order valence-electron chi connectivity index (χ1n) is 11.2. The average Bonchev–Trinajstić information content (AvgIpc) is 3.27. The van der Waals surface area contributed by atoms with E-state index in [0.29, 0.717) is 13.2 Å². The minimum Gasteiger partial charge on any atom is -0.394 e. The highest BCUT2D eigenvalue weighted by Crippen LogP contribution is 2.33. The third-order valence-corrected chi connectivity index (χ3v) is 6.29. The van der Waals surface area contributed by atoms with Gasteiger partial charge < -0.3 is 14.7 Å². The van der Waals surface area contributed by atoms with E-state index in [0.717, 1.165) is 31.4 Å². The third-order valence-electron chi connectivity index (χ3n) is 6.29. The quantitative estimate of drug-likeness (QED) is 0.622. The van der Waals surface area contributed by atoms with Gasteiger partial charge in [-0.2, -0.15) is 0 Å². The Hall–Kier alpha value is -2.17. The van der Waals surface area contributed by atoms with E-state index in [1.165, 1.54) is 5.56 Å². The molecule has 0 aliphatic carbocycles. The largest absolute Gasteiger partial charge is 0.394 e. The number of ether oxygens (including phenoxy) is 1. The van der Waals surface area contributed by atoms with Gasteiger partial charge in [-0.15, -0.1) is 0 Å². The summed E-state index contributed by atoms with van der Waals surface area (Å²) in [5, 5.41) is 9.72. The zero-order valence-corrected chi connectivity index (χ0v) is 18.2.